The van der Waals surface area contributed by atoms with Crippen molar-refractivity contribution in [3.63, 3.8) is 0 Å². The Labute approximate surface area is 73.3 Å². The summed E-state index contributed by atoms with van der Waals surface area (Å²) in [5.74, 6) is -0.220. The minimum absolute atomic E-state index is 0.220. The lowest BCUT2D eigenvalue weighted by Crippen LogP contribution is -2.27. The Hall–Kier alpha value is -0.610. The monoisotopic (exact) mass is 174 g/mol. The van der Waals surface area contributed by atoms with Gasteiger partial charge in [-0.05, 0) is 19.4 Å². The Kier molecular flexibility index (Phi) is 6.70. The molecular weight excluding hydrogens is 156 g/mol. The second kappa shape index (κ2) is 7.06. The predicted octanol–water partition coefficient (Wildman–Crippen LogP) is 0.743. The van der Waals surface area contributed by atoms with Gasteiger partial charge in [0.2, 0.25) is 5.91 Å². The molecule has 0 spiro atoms. The van der Waals surface area contributed by atoms with Crippen molar-refractivity contribution in [3.05, 3.63) is 0 Å². The molecule has 0 aromatic carbocycles. The van der Waals surface area contributed by atoms with Crippen molar-refractivity contribution in [2.24, 2.45) is 5.73 Å². The Morgan fingerprint density at radius 1 is 1.42 bits per heavy atom. The number of hydrogen-bond donors (Lipinski definition) is 2. The molecule has 1 amide bonds. The summed E-state index contributed by atoms with van der Waals surface area (Å²) in [7, 11) is 0. The third kappa shape index (κ3) is 5.09. The number of hydroxylamine groups is 2. The quantitative estimate of drug-likeness (QED) is 0.354. The molecule has 0 aliphatic rings. The Balaban J connectivity index is 3.31. The number of hydrogen-bond acceptors (Lipinski definition) is 3. The minimum Gasteiger partial charge on any atom is -0.330 e. The van der Waals surface area contributed by atoms with Crippen molar-refractivity contribution in [2.75, 3.05) is 13.1 Å². The molecule has 0 radical (unpaired) electrons. The topological polar surface area (TPSA) is 66.6 Å². The summed E-state index contributed by atoms with van der Waals surface area (Å²) in [4.78, 5) is 10.8. The molecule has 0 saturated carbocycles. The van der Waals surface area contributed by atoms with Crippen LogP contribution < -0.4 is 5.73 Å². The van der Waals surface area contributed by atoms with E-state index in [4.69, 9.17) is 10.9 Å². The zero-order valence-corrected chi connectivity index (χ0v) is 7.62. The smallest absolute Gasteiger partial charge is 0.245 e. The lowest BCUT2D eigenvalue weighted by Gasteiger charge is -2.12. The first kappa shape index (κ1) is 11.4. The molecule has 0 aromatic heterocycles. The van der Waals surface area contributed by atoms with Crippen LogP contribution in [0.2, 0.25) is 0 Å². The molecule has 4 heteroatoms. The fourth-order valence-corrected chi connectivity index (χ4v) is 0.890. The maximum Gasteiger partial charge on any atom is 0.245 e. The fourth-order valence-electron chi connectivity index (χ4n) is 0.890. The van der Waals surface area contributed by atoms with E-state index in [9.17, 15) is 4.79 Å². The van der Waals surface area contributed by atoms with Gasteiger partial charge < -0.3 is 5.73 Å². The van der Waals surface area contributed by atoms with Crippen LogP contribution in [-0.2, 0) is 4.79 Å². The van der Waals surface area contributed by atoms with E-state index in [0.29, 0.717) is 19.5 Å². The van der Waals surface area contributed by atoms with Gasteiger partial charge in [0.15, 0.2) is 0 Å². The normalized spacial score (nSPS) is 9.92. The second-order valence-electron chi connectivity index (χ2n) is 2.72. The number of carbonyl (C=O) groups is 1. The van der Waals surface area contributed by atoms with Crippen LogP contribution >= 0.6 is 0 Å². The molecule has 72 valence electrons. The fraction of sp³-hybridized carbons (Fsp3) is 0.875. The van der Waals surface area contributed by atoms with Crippen LogP contribution in [0.4, 0.5) is 0 Å². The zero-order chi connectivity index (χ0) is 9.40. The van der Waals surface area contributed by atoms with Crippen LogP contribution in [-0.4, -0.2) is 29.3 Å². The lowest BCUT2D eigenvalue weighted by atomic mass is 10.2. The van der Waals surface area contributed by atoms with Crippen molar-refractivity contribution in [2.45, 2.75) is 32.6 Å². The van der Waals surface area contributed by atoms with E-state index in [-0.39, 0.29) is 5.91 Å². The molecular formula is C8H18N2O2. The van der Waals surface area contributed by atoms with Gasteiger partial charge in [-0.3, -0.25) is 10.0 Å². The lowest BCUT2D eigenvalue weighted by molar-refractivity contribution is -0.165. The third-order valence-corrected chi connectivity index (χ3v) is 1.66. The van der Waals surface area contributed by atoms with Gasteiger partial charge in [0, 0.05) is 13.0 Å². The van der Waals surface area contributed by atoms with Crippen LogP contribution in [0.3, 0.4) is 0 Å². The van der Waals surface area contributed by atoms with E-state index < -0.39 is 0 Å². The molecule has 0 aromatic rings. The van der Waals surface area contributed by atoms with E-state index in [0.717, 1.165) is 24.3 Å². The van der Waals surface area contributed by atoms with Crippen molar-refractivity contribution in [1.82, 2.24) is 5.06 Å². The average molecular weight is 174 g/mol. The molecule has 0 aliphatic heterocycles. The Morgan fingerprint density at radius 2 is 2.08 bits per heavy atom. The Morgan fingerprint density at radius 3 is 2.58 bits per heavy atom. The number of nitrogens with two attached hydrogens (primary N) is 1. The van der Waals surface area contributed by atoms with Crippen molar-refractivity contribution >= 4 is 5.91 Å². The van der Waals surface area contributed by atoms with Crippen molar-refractivity contribution < 1.29 is 10.0 Å². The molecule has 0 rings (SSSR count). The van der Waals surface area contributed by atoms with E-state index in [2.05, 4.69) is 0 Å². The number of amides is 1. The van der Waals surface area contributed by atoms with Gasteiger partial charge in [0.1, 0.15) is 0 Å². The number of nitrogens with zero attached hydrogens (tertiary/aromatic N) is 1. The highest BCUT2D eigenvalue weighted by molar-refractivity contribution is 5.74. The summed E-state index contributed by atoms with van der Waals surface area (Å²) in [6, 6.07) is 0. The van der Waals surface area contributed by atoms with Crippen molar-refractivity contribution in [1.29, 1.82) is 0 Å². The molecule has 0 saturated heterocycles. The van der Waals surface area contributed by atoms with Crippen LogP contribution in [0.5, 0.6) is 0 Å². The summed E-state index contributed by atoms with van der Waals surface area (Å²) in [5.41, 5.74) is 5.29. The predicted molar refractivity (Wildman–Crippen MR) is 46.7 cm³/mol. The first-order valence-electron chi connectivity index (χ1n) is 4.41. The van der Waals surface area contributed by atoms with E-state index in [1.165, 1.54) is 0 Å². The maximum absolute atomic E-state index is 10.8. The van der Waals surface area contributed by atoms with E-state index in [1.807, 2.05) is 0 Å². The molecule has 0 unspecified atom stereocenters. The molecule has 4 nitrogen and oxygen atoms in total. The molecule has 0 bridgehead atoms. The first-order chi connectivity index (χ1) is 5.72. The largest absolute Gasteiger partial charge is 0.330 e. The summed E-state index contributed by atoms with van der Waals surface area (Å²) in [5, 5.41) is 9.86. The molecule has 0 heterocycles. The standard InChI is InChI=1S/C8H18N2O2/c1-2-8(11)10(12)7-5-3-4-6-9/h12H,2-7,9H2,1H3. The van der Waals surface area contributed by atoms with Gasteiger partial charge in [-0.2, -0.15) is 0 Å². The summed E-state index contributed by atoms with van der Waals surface area (Å²) >= 11 is 0. The molecule has 0 aliphatic carbocycles. The molecule has 0 fully saturated rings. The first-order valence-corrected chi connectivity index (χ1v) is 4.41. The van der Waals surface area contributed by atoms with Gasteiger partial charge in [-0.15, -0.1) is 0 Å². The van der Waals surface area contributed by atoms with Gasteiger partial charge in [0.05, 0.1) is 0 Å². The summed E-state index contributed by atoms with van der Waals surface area (Å²) in [6.45, 7) is 2.82. The minimum atomic E-state index is -0.220. The Bertz CT molecular complexity index is 128. The van der Waals surface area contributed by atoms with Crippen LogP contribution in [0.15, 0.2) is 0 Å². The van der Waals surface area contributed by atoms with Gasteiger partial charge >= 0.3 is 0 Å². The van der Waals surface area contributed by atoms with Gasteiger partial charge in [-0.25, -0.2) is 5.06 Å². The molecule has 3 N–H and O–H groups in total. The number of carbonyl (C=O) groups excluding carboxylic acids is 1. The number of rotatable bonds is 6. The van der Waals surface area contributed by atoms with Crippen molar-refractivity contribution in [3.8, 4) is 0 Å². The van der Waals surface area contributed by atoms with Crippen LogP contribution in [0.1, 0.15) is 32.6 Å². The van der Waals surface area contributed by atoms with E-state index in [1.54, 1.807) is 6.92 Å². The third-order valence-electron chi connectivity index (χ3n) is 1.66. The van der Waals surface area contributed by atoms with Gasteiger partial charge in [-0.1, -0.05) is 13.3 Å². The molecule has 12 heavy (non-hydrogen) atoms. The van der Waals surface area contributed by atoms with E-state index >= 15 is 0 Å². The highest BCUT2D eigenvalue weighted by Crippen LogP contribution is 1.97. The SMILES string of the molecule is CCC(=O)N(O)CCCCCN. The molecule has 0 atom stereocenters. The highest BCUT2D eigenvalue weighted by atomic mass is 16.5. The zero-order valence-electron chi connectivity index (χ0n) is 7.62. The second-order valence-corrected chi connectivity index (χ2v) is 2.72. The van der Waals surface area contributed by atoms with Gasteiger partial charge in [0.25, 0.3) is 0 Å². The maximum atomic E-state index is 10.8. The van der Waals surface area contributed by atoms with Crippen LogP contribution in [0, 0.1) is 0 Å². The highest BCUT2D eigenvalue weighted by Gasteiger charge is 2.05. The summed E-state index contributed by atoms with van der Waals surface area (Å²) < 4.78 is 0. The van der Waals surface area contributed by atoms with Crippen LogP contribution in [0.25, 0.3) is 0 Å². The number of unbranched alkanes of at least 4 members (excludes halogenated alkanes) is 2. The average Bonchev–Trinajstić information content (AvgIpc) is 2.10. The summed E-state index contributed by atoms with van der Waals surface area (Å²) in [6.07, 6.45) is 3.09.